The number of carbonyl (C=O) groups is 1. The van der Waals surface area contributed by atoms with Crippen LogP contribution in [0.5, 0.6) is 0 Å². The molecule has 23 heavy (non-hydrogen) atoms. The Kier molecular flexibility index (Phi) is 3.83. The maximum atomic E-state index is 12.5. The zero-order valence-corrected chi connectivity index (χ0v) is 13.6. The van der Waals surface area contributed by atoms with E-state index in [1.54, 1.807) is 18.2 Å². The van der Waals surface area contributed by atoms with Crippen LogP contribution < -0.4 is 15.4 Å². The summed E-state index contributed by atoms with van der Waals surface area (Å²) in [7, 11) is -3.72. The summed E-state index contributed by atoms with van der Waals surface area (Å²) in [6.45, 7) is 3.77. The smallest absolute Gasteiger partial charge is 0.262 e. The number of sulfonamides is 1. The number of nitrogens with one attached hydrogen (secondary N) is 3. The Morgan fingerprint density at radius 1 is 1.04 bits per heavy atom. The lowest BCUT2D eigenvalue weighted by molar-refractivity contribution is -0.117. The summed E-state index contributed by atoms with van der Waals surface area (Å²) >= 11 is 0. The summed E-state index contributed by atoms with van der Waals surface area (Å²) in [5.74, 6) is -0.458. The zero-order chi connectivity index (χ0) is 16.6. The van der Waals surface area contributed by atoms with Gasteiger partial charge in [-0.1, -0.05) is 30.3 Å². The Balaban J connectivity index is 1.88. The van der Waals surface area contributed by atoms with Gasteiger partial charge in [0.2, 0.25) is 10.0 Å². The van der Waals surface area contributed by atoms with Crippen LogP contribution in [0.4, 0.5) is 11.4 Å². The van der Waals surface area contributed by atoms with Gasteiger partial charge >= 0.3 is 0 Å². The zero-order valence-electron chi connectivity index (χ0n) is 12.8. The van der Waals surface area contributed by atoms with Gasteiger partial charge in [-0.3, -0.25) is 4.79 Å². The molecule has 7 heteroatoms. The third-order valence-corrected chi connectivity index (χ3v) is 5.22. The fraction of sp³-hybridized carbons (Fsp3) is 0.188. The van der Waals surface area contributed by atoms with E-state index in [-0.39, 0.29) is 4.90 Å². The van der Waals surface area contributed by atoms with Gasteiger partial charge in [-0.05, 0) is 37.1 Å². The van der Waals surface area contributed by atoms with E-state index < -0.39 is 22.1 Å². The van der Waals surface area contributed by atoms with Crippen molar-refractivity contribution in [3.05, 3.63) is 53.6 Å². The Labute approximate surface area is 135 Å². The van der Waals surface area contributed by atoms with Crippen LogP contribution >= 0.6 is 0 Å². The second-order valence-electron chi connectivity index (χ2n) is 5.45. The summed E-state index contributed by atoms with van der Waals surface area (Å²) in [6, 6.07) is 12.1. The minimum atomic E-state index is -3.72. The fourth-order valence-corrected chi connectivity index (χ4v) is 3.83. The predicted octanol–water partition coefficient (Wildman–Crippen LogP) is 1.97. The lowest BCUT2D eigenvalue weighted by Gasteiger charge is -2.27. The highest BCUT2D eigenvalue weighted by molar-refractivity contribution is 7.89. The molecule has 3 N–H and O–H groups in total. The molecule has 3 rings (SSSR count). The average molecular weight is 331 g/mol. The Hall–Kier alpha value is -2.38. The van der Waals surface area contributed by atoms with Crippen LogP contribution in [-0.4, -0.2) is 20.5 Å². The molecule has 0 radical (unpaired) electrons. The molecule has 0 saturated carbocycles. The van der Waals surface area contributed by atoms with E-state index in [0.29, 0.717) is 11.4 Å². The highest BCUT2D eigenvalue weighted by Crippen LogP contribution is 2.26. The number of rotatable bonds is 2. The molecule has 1 aliphatic rings. The third-order valence-electron chi connectivity index (χ3n) is 3.74. The molecule has 0 spiro atoms. The van der Waals surface area contributed by atoms with Crippen molar-refractivity contribution in [2.75, 3.05) is 10.6 Å². The van der Waals surface area contributed by atoms with Crippen LogP contribution in [0.25, 0.3) is 0 Å². The largest absolute Gasteiger partial charge is 0.360 e. The molecular weight excluding hydrogens is 314 g/mol. The topological polar surface area (TPSA) is 87.3 Å². The van der Waals surface area contributed by atoms with Crippen LogP contribution in [-0.2, 0) is 14.8 Å². The van der Waals surface area contributed by atoms with Gasteiger partial charge in [0, 0.05) is 5.69 Å². The number of benzene rings is 2. The fourth-order valence-electron chi connectivity index (χ4n) is 2.55. The van der Waals surface area contributed by atoms with Crippen molar-refractivity contribution in [1.29, 1.82) is 0 Å². The van der Waals surface area contributed by atoms with Crippen LogP contribution in [0, 0.1) is 13.8 Å². The molecule has 1 aliphatic heterocycles. The molecule has 0 aromatic heterocycles. The van der Waals surface area contributed by atoms with Gasteiger partial charge in [-0.2, -0.15) is 4.72 Å². The van der Waals surface area contributed by atoms with Crippen molar-refractivity contribution in [1.82, 2.24) is 4.72 Å². The first-order valence-corrected chi connectivity index (χ1v) is 8.62. The predicted molar refractivity (Wildman–Crippen MR) is 88.7 cm³/mol. The van der Waals surface area contributed by atoms with E-state index in [0.717, 1.165) is 11.1 Å². The average Bonchev–Trinajstić information content (AvgIpc) is 2.50. The molecule has 0 bridgehead atoms. The van der Waals surface area contributed by atoms with E-state index in [9.17, 15) is 13.2 Å². The number of aryl methyl sites for hydroxylation is 2. The molecule has 0 aliphatic carbocycles. The van der Waals surface area contributed by atoms with E-state index in [1.165, 1.54) is 6.07 Å². The van der Waals surface area contributed by atoms with Crippen molar-refractivity contribution in [3.63, 3.8) is 0 Å². The summed E-state index contributed by atoms with van der Waals surface area (Å²) in [4.78, 5) is 12.6. The molecule has 1 atom stereocenters. The van der Waals surface area contributed by atoms with Crippen molar-refractivity contribution < 1.29 is 13.2 Å². The lowest BCUT2D eigenvalue weighted by Crippen LogP contribution is -2.51. The third kappa shape index (κ3) is 2.93. The molecule has 2 aromatic carbocycles. The van der Waals surface area contributed by atoms with E-state index in [2.05, 4.69) is 15.4 Å². The second-order valence-corrected chi connectivity index (χ2v) is 7.13. The van der Waals surface area contributed by atoms with Crippen LogP contribution in [0.2, 0.25) is 0 Å². The SMILES string of the molecule is Cc1cccc(C)c1NC(=O)C1Nc2ccccc2S(=O)(=O)N1. The van der Waals surface area contributed by atoms with Gasteiger partial charge in [0.15, 0.2) is 6.17 Å². The Morgan fingerprint density at radius 3 is 2.39 bits per heavy atom. The maximum absolute atomic E-state index is 12.5. The highest BCUT2D eigenvalue weighted by atomic mass is 32.2. The molecule has 6 nitrogen and oxygen atoms in total. The maximum Gasteiger partial charge on any atom is 0.262 e. The molecule has 0 fully saturated rings. The van der Waals surface area contributed by atoms with Crippen LogP contribution in [0.3, 0.4) is 0 Å². The number of anilines is 2. The highest BCUT2D eigenvalue weighted by Gasteiger charge is 2.33. The lowest BCUT2D eigenvalue weighted by atomic mass is 10.1. The normalized spacial score (nSPS) is 18.6. The number of para-hydroxylation sites is 2. The first-order chi connectivity index (χ1) is 10.9. The first-order valence-electron chi connectivity index (χ1n) is 7.13. The molecule has 2 aromatic rings. The van der Waals surface area contributed by atoms with Crippen molar-refractivity contribution in [2.45, 2.75) is 24.9 Å². The number of fused-ring (bicyclic) bond motifs is 1. The first kappa shape index (κ1) is 15.5. The standard InChI is InChI=1S/C16H17N3O3S/c1-10-6-5-7-11(2)14(10)18-16(20)15-17-12-8-3-4-9-13(12)23(21,22)19-15/h3-9,15,17,19H,1-2H3,(H,18,20). The molecule has 1 heterocycles. The minimum Gasteiger partial charge on any atom is -0.360 e. The van der Waals surface area contributed by atoms with Gasteiger partial charge in [-0.25, -0.2) is 8.42 Å². The molecule has 120 valence electrons. The summed E-state index contributed by atoms with van der Waals surface area (Å²) in [6.07, 6.45) is -1.06. The summed E-state index contributed by atoms with van der Waals surface area (Å²) < 4.78 is 26.8. The summed E-state index contributed by atoms with van der Waals surface area (Å²) in [5.41, 5.74) is 2.93. The molecule has 1 unspecified atom stereocenters. The van der Waals surface area contributed by atoms with E-state index >= 15 is 0 Å². The van der Waals surface area contributed by atoms with Gasteiger partial charge < -0.3 is 10.6 Å². The number of amides is 1. The van der Waals surface area contributed by atoms with Crippen molar-refractivity contribution >= 4 is 27.3 Å². The van der Waals surface area contributed by atoms with Crippen molar-refractivity contribution in [2.24, 2.45) is 0 Å². The van der Waals surface area contributed by atoms with Gasteiger partial charge in [0.05, 0.1) is 5.69 Å². The molecular formula is C16H17N3O3S. The van der Waals surface area contributed by atoms with Gasteiger partial charge in [0.25, 0.3) is 5.91 Å². The van der Waals surface area contributed by atoms with Gasteiger partial charge in [-0.15, -0.1) is 0 Å². The number of hydrogen-bond donors (Lipinski definition) is 3. The van der Waals surface area contributed by atoms with Crippen LogP contribution in [0.1, 0.15) is 11.1 Å². The van der Waals surface area contributed by atoms with E-state index in [1.807, 2.05) is 32.0 Å². The summed E-state index contributed by atoms with van der Waals surface area (Å²) in [5, 5.41) is 5.70. The van der Waals surface area contributed by atoms with Crippen LogP contribution in [0.15, 0.2) is 47.4 Å². The van der Waals surface area contributed by atoms with E-state index in [4.69, 9.17) is 0 Å². The minimum absolute atomic E-state index is 0.135. The second kappa shape index (κ2) is 5.68. The Bertz CT molecular complexity index is 858. The van der Waals surface area contributed by atoms with Gasteiger partial charge in [0.1, 0.15) is 4.90 Å². The number of carbonyl (C=O) groups excluding carboxylic acids is 1. The quantitative estimate of drug-likeness (QED) is 0.785. The molecule has 1 amide bonds. The Morgan fingerprint density at radius 2 is 1.70 bits per heavy atom. The monoisotopic (exact) mass is 331 g/mol. The number of hydrogen-bond acceptors (Lipinski definition) is 4. The molecule has 0 saturated heterocycles. The van der Waals surface area contributed by atoms with Crippen molar-refractivity contribution in [3.8, 4) is 0 Å².